The van der Waals surface area contributed by atoms with Crippen LogP contribution in [0, 0.1) is 0 Å². The molecule has 1 fully saturated rings. The van der Waals surface area contributed by atoms with Crippen molar-refractivity contribution in [2.75, 3.05) is 13.2 Å². The molecule has 4 rings (SSSR count). The summed E-state index contributed by atoms with van der Waals surface area (Å²) in [5.41, 5.74) is 1.03. The van der Waals surface area contributed by atoms with Gasteiger partial charge in [-0.3, -0.25) is 4.52 Å². The Morgan fingerprint density at radius 2 is 1.25 bits per heavy atom. The molecule has 1 unspecified atom stereocenters. The number of aliphatic hydroxyl groups excluding tert-OH is 3. The third-order valence-electron chi connectivity index (χ3n) is 5.50. The summed E-state index contributed by atoms with van der Waals surface area (Å²) in [5, 5.41) is 31.2. The van der Waals surface area contributed by atoms with Gasteiger partial charge in [0.05, 0.1) is 13.2 Å². The molecule has 0 spiro atoms. The molecule has 10 heteroatoms. The van der Waals surface area contributed by atoms with Crippen LogP contribution in [-0.4, -0.2) is 59.2 Å². The first-order valence-electron chi connectivity index (χ1n) is 11.5. The van der Waals surface area contributed by atoms with Crippen LogP contribution in [0.4, 0.5) is 0 Å². The van der Waals surface area contributed by atoms with E-state index in [4.69, 9.17) is 23.0 Å². The number of phosphoric acid groups is 1. The van der Waals surface area contributed by atoms with Gasteiger partial charge in [0, 0.05) is 0 Å². The van der Waals surface area contributed by atoms with Gasteiger partial charge in [-0.15, -0.1) is 0 Å². The number of ether oxygens (including phenoxy) is 2. The maximum absolute atomic E-state index is 13.5. The molecule has 0 bridgehead atoms. The van der Waals surface area contributed by atoms with E-state index in [9.17, 15) is 19.9 Å². The van der Waals surface area contributed by atoms with Crippen molar-refractivity contribution >= 4 is 7.82 Å². The van der Waals surface area contributed by atoms with Crippen molar-refractivity contribution in [2.45, 2.75) is 37.1 Å². The lowest BCUT2D eigenvalue weighted by molar-refractivity contribution is -0.300. The second-order valence-electron chi connectivity index (χ2n) is 8.17. The Hall–Kier alpha value is -2.75. The SMILES string of the molecule is O=P(OC[C@H]1OC(OCCc2ccccc2)[C@@H](O)[C@@H](O)[C@@H]1O)(Oc1ccccc1)Oc1ccccc1. The number of rotatable bonds is 11. The smallest absolute Gasteiger partial charge is 0.395 e. The predicted molar refractivity (Wildman–Crippen MR) is 130 cm³/mol. The molecule has 5 atom stereocenters. The van der Waals surface area contributed by atoms with Crippen LogP contribution in [-0.2, 0) is 25.0 Å². The second-order valence-corrected chi connectivity index (χ2v) is 9.69. The molecule has 1 saturated heterocycles. The van der Waals surface area contributed by atoms with Crippen molar-refractivity contribution in [1.29, 1.82) is 0 Å². The summed E-state index contributed by atoms with van der Waals surface area (Å²) in [6, 6.07) is 26.3. The van der Waals surface area contributed by atoms with Gasteiger partial charge in [-0.2, -0.15) is 0 Å². The molecule has 0 saturated carbocycles. The van der Waals surface area contributed by atoms with E-state index in [1.807, 2.05) is 30.3 Å². The summed E-state index contributed by atoms with van der Waals surface area (Å²) in [4.78, 5) is 0. The van der Waals surface area contributed by atoms with Gasteiger partial charge in [0.15, 0.2) is 6.29 Å². The number of hydrogen-bond donors (Lipinski definition) is 3. The van der Waals surface area contributed by atoms with Gasteiger partial charge in [0.1, 0.15) is 35.9 Å². The topological polar surface area (TPSA) is 124 Å². The number of hydrogen-bond acceptors (Lipinski definition) is 9. The Balaban J connectivity index is 1.41. The molecule has 9 nitrogen and oxygen atoms in total. The fourth-order valence-electron chi connectivity index (χ4n) is 3.59. The van der Waals surface area contributed by atoms with Gasteiger partial charge >= 0.3 is 7.82 Å². The molecule has 1 heterocycles. The Kier molecular flexibility index (Phi) is 9.12. The van der Waals surface area contributed by atoms with Crippen molar-refractivity contribution in [3.8, 4) is 11.5 Å². The normalized spacial score (nSPS) is 24.2. The van der Waals surface area contributed by atoms with E-state index in [0.29, 0.717) is 6.42 Å². The average molecular weight is 516 g/mol. The summed E-state index contributed by atoms with van der Waals surface area (Å²) in [6.45, 7) is -0.269. The van der Waals surface area contributed by atoms with E-state index in [2.05, 4.69) is 0 Å². The molecular formula is C26H29O9P. The molecule has 3 aromatic rings. The first kappa shape index (κ1) is 26.3. The molecule has 36 heavy (non-hydrogen) atoms. The van der Waals surface area contributed by atoms with E-state index in [-0.39, 0.29) is 18.1 Å². The fraction of sp³-hybridized carbons (Fsp3) is 0.308. The molecule has 0 amide bonds. The number of para-hydroxylation sites is 2. The lowest BCUT2D eigenvalue weighted by Crippen LogP contribution is -2.59. The maximum atomic E-state index is 13.5. The summed E-state index contributed by atoms with van der Waals surface area (Å²) in [6.07, 6.45) is -6.45. The van der Waals surface area contributed by atoms with Crippen LogP contribution in [0.3, 0.4) is 0 Å². The lowest BCUT2D eigenvalue weighted by Gasteiger charge is -2.40. The van der Waals surface area contributed by atoms with Crippen molar-refractivity contribution in [3.05, 3.63) is 96.6 Å². The highest BCUT2D eigenvalue weighted by atomic mass is 31.2. The van der Waals surface area contributed by atoms with Crippen LogP contribution >= 0.6 is 7.82 Å². The van der Waals surface area contributed by atoms with Crippen LogP contribution in [0.1, 0.15) is 5.56 Å². The zero-order valence-corrected chi connectivity index (χ0v) is 20.3. The van der Waals surface area contributed by atoms with Crippen molar-refractivity contribution in [1.82, 2.24) is 0 Å². The molecule has 3 N–H and O–H groups in total. The zero-order chi connectivity index (χ0) is 25.4. The van der Waals surface area contributed by atoms with Gasteiger partial charge < -0.3 is 33.8 Å². The lowest BCUT2D eigenvalue weighted by atomic mass is 9.99. The Labute approximate surface area is 209 Å². The molecule has 192 valence electrons. The van der Waals surface area contributed by atoms with Gasteiger partial charge in [-0.05, 0) is 36.2 Å². The van der Waals surface area contributed by atoms with Crippen LogP contribution in [0.25, 0.3) is 0 Å². The fourth-order valence-corrected chi connectivity index (χ4v) is 4.82. The number of phosphoric ester groups is 1. The Morgan fingerprint density at radius 3 is 1.81 bits per heavy atom. The first-order chi connectivity index (χ1) is 17.4. The number of aliphatic hydroxyl groups is 3. The number of benzene rings is 3. The minimum Gasteiger partial charge on any atom is -0.395 e. The van der Waals surface area contributed by atoms with Gasteiger partial charge in [0.2, 0.25) is 0 Å². The zero-order valence-electron chi connectivity index (χ0n) is 19.4. The van der Waals surface area contributed by atoms with E-state index < -0.39 is 45.1 Å². The largest absolute Gasteiger partial charge is 0.587 e. The van der Waals surface area contributed by atoms with Crippen molar-refractivity contribution in [3.63, 3.8) is 0 Å². The quantitative estimate of drug-likeness (QED) is 0.329. The highest BCUT2D eigenvalue weighted by molar-refractivity contribution is 7.49. The molecule has 3 aromatic carbocycles. The highest BCUT2D eigenvalue weighted by Crippen LogP contribution is 2.50. The van der Waals surface area contributed by atoms with E-state index in [0.717, 1.165) is 5.56 Å². The summed E-state index contributed by atoms with van der Waals surface area (Å²) in [7, 11) is -4.25. The summed E-state index contributed by atoms with van der Waals surface area (Å²) < 4.78 is 41.5. The van der Waals surface area contributed by atoms with Crippen LogP contribution < -0.4 is 9.05 Å². The van der Waals surface area contributed by atoms with Gasteiger partial charge in [-0.1, -0.05) is 66.7 Å². The first-order valence-corrected chi connectivity index (χ1v) is 13.0. The van der Waals surface area contributed by atoms with Crippen molar-refractivity contribution < 1.29 is 42.9 Å². The summed E-state index contributed by atoms with van der Waals surface area (Å²) in [5.74, 6) is 0.499. The van der Waals surface area contributed by atoms with Gasteiger partial charge in [-0.25, -0.2) is 4.57 Å². The minimum absolute atomic E-state index is 0.203. The molecule has 0 aliphatic carbocycles. The molecule has 0 radical (unpaired) electrons. The third-order valence-corrected chi connectivity index (χ3v) is 6.84. The van der Waals surface area contributed by atoms with E-state index in [1.165, 1.54) is 0 Å². The molecule has 0 aromatic heterocycles. The van der Waals surface area contributed by atoms with Crippen LogP contribution in [0.15, 0.2) is 91.0 Å². The monoisotopic (exact) mass is 516 g/mol. The average Bonchev–Trinajstić information content (AvgIpc) is 2.90. The Bertz CT molecular complexity index is 1050. The standard InChI is InChI=1S/C26H29O9P/c27-23-22(33-26(25(29)24(23)28)31-17-16-19-10-4-1-5-11-19)18-32-36(30,34-20-12-6-2-7-13-20)35-21-14-8-3-9-15-21/h1-15,22-29H,16-18H2/t22-,23-,24+,25+,26?/m1/s1. The van der Waals surface area contributed by atoms with Crippen LogP contribution in [0.5, 0.6) is 11.5 Å². The second kappa shape index (κ2) is 12.5. The maximum Gasteiger partial charge on any atom is 0.587 e. The molecular weight excluding hydrogens is 487 g/mol. The molecule has 1 aliphatic rings. The van der Waals surface area contributed by atoms with Gasteiger partial charge in [0.25, 0.3) is 0 Å². The molecule has 1 aliphatic heterocycles. The third kappa shape index (κ3) is 7.15. The highest BCUT2D eigenvalue weighted by Gasteiger charge is 2.46. The van der Waals surface area contributed by atoms with E-state index in [1.54, 1.807) is 60.7 Å². The minimum atomic E-state index is -4.25. The summed E-state index contributed by atoms with van der Waals surface area (Å²) >= 11 is 0. The predicted octanol–water partition coefficient (Wildman–Crippen LogP) is 3.34. The van der Waals surface area contributed by atoms with Crippen molar-refractivity contribution in [2.24, 2.45) is 0 Å². The van der Waals surface area contributed by atoms with E-state index >= 15 is 0 Å². The van der Waals surface area contributed by atoms with Crippen LogP contribution in [0.2, 0.25) is 0 Å². The Morgan fingerprint density at radius 1 is 0.722 bits per heavy atom.